The predicted octanol–water partition coefficient (Wildman–Crippen LogP) is 5.41. The summed E-state index contributed by atoms with van der Waals surface area (Å²) in [5.74, 6) is 0.532. The zero-order valence-corrected chi connectivity index (χ0v) is 14.6. The first-order chi connectivity index (χ1) is 11.7. The number of pyridine rings is 1. The Morgan fingerprint density at radius 2 is 2.00 bits per heavy atom. The van der Waals surface area contributed by atoms with Crippen LogP contribution in [-0.4, -0.2) is 11.6 Å². The molecule has 0 unspecified atom stereocenters. The molecule has 2 aromatic carbocycles. The Labute approximate surface area is 147 Å². The number of ether oxygens (including phenoxy) is 1. The first-order valence-corrected chi connectivity index (χ1v) is 8.96. The van der Waals surface area contributed by atoms with Crippen LogP contribution >= 0.6 is 22.9 Å². The van der Waals surface area contributed by atoms with Gasteiger partial charge in [0.05, 0.1) is 17.5 Å². The van der Waals surface area contributed by atoms with Crippen molar-refractivity contribution in [3.05, 3.63) is 57.7 Å². The Balaban J connectivity index is 2.21. The second-order valence-electron chi connectivity index (χ2n) is 5.56. The lowest BCUT2D eigenvalue weighted by molar-refractivity contribution is 0.311. The Hall–Kier alpha value is -2.17. The lowest BCUT2D eigenvalue weighted by atomic mass is 10.1. The van der Waals surface area contributed by atoms with Crippen molar-refractivity contribution in [2.75, 3.05) is 6.61 Å². The first kappa shape index (κ1) is 15.4. The van der Waals surface area contributed by atoms with Gasteiger partial charge < -0.3 is 4.74 Å². The molecular formula is C19H14ClNO2S. The van der Waals surface area contributed by atoms with Crippen LogP contribution in [0.15, 0.2) is 47.3 Å². The molecule has 0 atom stereocenters. The van der Waals surface area contributed by atoms with Crippen LogP contribution in [0.4, 0.5) is 0 Å². The molecule has 0 radical (unpaired) electrons. The summed E-state index contributed by atoms with van der Waals surface area (Å²) in [6, 6.07) is 13.1. The van der Waals surface area contributed by atoms with Gasteiger partial charge >= 0.3 is 0 Å². The van der Waals surface area contributed by atoms with Gasteiger partial charge in [0, 0.05) is 20.5 Å². The van der Waals surface area contributed by atoms with E-state index in [0.717, 1.165) is 26.7 Å². The fourth-order valence-corrected chi connectivity index (χ4v) is 4.09. The highest BCUT2D eigenvalue weighted by molar-refractivity contribution is 7.25. The largest absolute Gasteiger partial charge is 0.477 e. The van der Waals surface area contributed by atoms with Gasteiger partial charge in [-0.3, -0.25) is 4.79 Å². The maximum Gasteiger partial charge on any atom is 0.232 e. The van der Waals surface area contributed by atoms with Crippen LogP contribution in [-0.2, 0) is 0 Å². The molecule has 0 saturated carbocycles. The molecule has 24 heavy (non-hydrogen) atoms. The van der Waals surface area contributed by atoms with Crippen molar-refractivity contribution in [3.63, 3.8) is 0 Å². The van der Waals surface area contributed by atoms with Gasteiger partial charge in [0.15, 0.2) is 5.43 Å². The summed E-state index contributed by atoms with van der Waals surface area (Å²) in [7, 11) is 0. The van der Waals surface area contributed by atoms with Crippen LogP contribution < -0.4 is 10.2 Å². The third-order valence-corrected chi connectivity index (χ3v) is 5.28. The van der Waals surface area contributed by atoms with Gasteiger partial charge in [-0.05, 0) is 30.7 Å². The average Bonchev–Trinajstić information content (AvgIpc) is 2.60. The standard InChI is InChI=1S/C19H14ClNO2S/c1-2-9-23-19-18-16(12-5-3-4-6-14(12)21-19)17(22)13-10-11(20)7-8-15(13)24-18/h3-8,10H,2,9H2,1H3. The molecule has 0 saturated heterocycles. The van der Waals surface area contributed by atoms with Gasteiger partial charge in [0.2, 0.25) is 5.88 Å². The molecule has 4 rings (SSSR count). The highest BCUT2D eigenvalue weighted by Gasteiger charge is 2.15. The van der Waals surface area contributed by atoms with E-state index >= 15 is 0 Å². The molecule has 0 amide bonds. The number of para-hydroxylation sites is 1. The van der Waals surface area contributed by atoms with Crippen molar-refractivity contribution in [3.8, 4) is 5.88 Å². The van der Waals surface area contributed by atoms with E-state index in [1.54, 1.807) is 12.1 Å². The van der Waals surface area contributed by atoms with E-state index in [2.05, 4.69) is 4.98 Å². The fraction of sp³-hybridized carbons (Fsp3) is 0.158. The maximum absolute atomic E-state index is 13.1. The number of aromatic nitrogens is 1. The van der Waals surface area contributed by atoms with Gasteiger partial charge in [-0.2, -0.15) is 0 Å². The van der Waals surface area contributed by atoms with Crippen molar-refractivity contribution < 1.29 is 4.74 Å². The van der Waals surface area contributed by atoms with Crippen LogP contribution in [0.25, 0.3) is 31.1 Å². The van der Waals surface area contributed by atoms with E-state index < -0.39 is 0 Å². The number of nitrogens with zero attached hydrogens (tertiary/aromatic N) is 1. The Bertz CT molecular complexity index is 1140. The summed E-state index contributed by atoms with van der Waals surface area (Å²) in [6.45, 7) is 2.61. The summed E-state index contributed by atoms with van der Waals surface area (Å²) < 4.78 is 7.52. The lowest BCUT2D eigenvalue weighted by Crippen LogP contribution is -2.05. The smallest absolute Gasteiger partial charge is 0.232 e. The topological polar surface area (TPSA) is 39.2 Å². The highest BCUT2D eigenvalue weighted by atomic mass is 35.5. The molecule has 0 aliphatic carbocycles. The van der Waals surface area contributed by atoms with Crippen molar-refractivity contribution in [1.29, 1.82) is 0 Å². The lowest BCUT2D eigenvalue weighted by Gasteiger charge is -2.10. The second-order valence-corrected chi connectivity index (χ2v) is 7.05. The number of hydrogen-bond donors (Lipinski definition) is 0. The molecule has 4 aromatic rings. The van der Waals surface area contributed by atoms with E-state index in [-0.39, 0.29) is 5.43 Å². The van der Waals surface area contributed by atoms with E-state index in [0.29, 0.717) is 28.3 Å². The molecular weight excluding hydrogens is 342 g/mol. The van der Waals surface area contributed by atoms with Crippen molar-refractivity contribution >= 4 is 54.0 Å². The normalized spacial score (nSPS) is 11.4. The SMILES string of the molecule is CCCOc1nc2ccccc2c2c(=O)c3cc(Cl)ccc3sc12. The van der Waals surface area contributed by atoms with Crippen molar-refractivity contribution in [2.45, 2.75) is 13.3 Å². The van der Waals surface area contributed by atoms with Crippen LogP contribution in [0, 0.1) is 0 Å². The predicted molar refractivity (Wildman–Crippen MR) is 102 cm³/mol. The second kappa shape index (κ2) is 6.04. The van der Waals surface area contributed by atoms with E-state index in [4.69, 9.17) is 16.3 Å². The highest BCUT2D eigenvalue weighted by Crippen LogP contribution is 2.35. The zero-order chi connectivity index (χ0) is 16.7. The van der Waals surface area contributed by atoms with Gasteiger partial charge in [0.25, 0.3) is 0 Å². The minimum absolute atomic E-state index is 0.0267. The molecule has 0 aliphatic heterocycles. The number of hydrogen-bond acceptors (Lipinski definition) is 4. The minimum Gasteiger partial charge on any atom is -0.477 e. The molecule has 2 aromatic heterocycles. The summed E-state index contributed by atoms with van der Waals surface area (Å²) in [5.41, 5.74) is 0.739. The van der Waals surface area contributed by atoms with Crippen molar-refractivity contribution in [2.24, 2.45) is 0 Å². The maximum atomic E-state index is 13.1. The average molecular weight is 356 g/mol. The van der Waals surface area contributed by atoms with Crippen LogP contribution in [0.1, 0.15) is 13.3 Å². The van der Waals surface area contributed by atoms with Gasteiger partial charge in [-0.25, -0.2) is 4.98 Å². The van der Waals surface area contributed by atoms with Crippen LogP contribution in [0.2, 0.25) is 5.02 Å². The molecule has 0 fully saturated rings. The summed E-state index contributed by atoms with van der Waals surface area (Å²) >= 11 is 7.61. The summed E-state index contributed by atoms with van der Waals surface area (Å²) in [5, 5.41) is 2.70. The molecule has 0 spiro atoms. The molecule has 0 bridgehead atoms. The molecule has 0 N–H and O–H groups in total. The van der Waals surface area contributed by atoms with Crippen LogP contribution in [0.5, 0.6) is 5.88 Å². The van der Waals surface area contributed by atoms with Gasteiger partial charge in [-0.15, -0.1) is 11.3 Å². The number of rotatable bonds is 3. The quantitative estimate of drug-likeness (QED) is 0.364. The molecule has 120 valence electrons. The summed E-state index contributed by atoms with van der Waals surface area (Å²) in [6.07, 6.45) is 0.883. The van der Waals surface area contributed by atoms with E-state index in [1.807, 2.05) is 37.3 Å². The first-order valence-electron chi connectivity index (χ1n) is 7.76. The van der Waals surface area contributed by atoms with E-state index in [1.165, 1.54) is 11.3 Å². The zero-order valence-electron chi connectivity index (χ0n) is 13.0. The Morgan fingerprint density at radius 3 is 2.83 bits per heavy atom. The minimum atomic E-state index is -0.0267. The van der Waals surface area contributed by atoms with Gasteiger partial charge in [-0.1, -0.05) is 36.7 Å². The molecule has 3 nitrogen and oxygen atoms in total. The van der Waals surface area contributed by atoms with Gasteiger partial charge in [0.1, 0.15) is 4.70 Å². The molecule has 2 heterocycles. The third-order valence-electron chi connectivity index (χ3n) is 3.88. The van der Waals surface area contributed by atoms with Crippen molar-refractivity contribution in [1.82, 2.24) is 4.98 Å². The molecule has 0 aliphatic rings. The monoisotopic (exact) mass is 355 g/mol. The van der Waals surface area contributed by atoms with E-state index in [9.17, 15) is 4.79 Å². The molecule has 5 heteroatoms. The van der Waals surface area contributed by atoms with Crippen LogP contribution in [0.3, 0.4) is 0 Å². The third kappa shape index (κ3) is 2.43. The summed E-state index contributed by atoms with van der Waals surface area (Å²) in [4.78, 5) is 17.8. The Kier molecular flexibility index (Phi) is 3.87. The Morgan fingerprint density at radius 1 is 1.17 bits per heavy atom. The fourth-order valence-electron chi connectivity index (χ4n) is 2.80. The number of halogens is 1. The number of benzene rings is 2. The number of fused-ring (bicyclic) bond motifs is 4.